The zero-order chi connectivity index (χ0) is 23.8. The molecule has 3 nitrogen and oxygen atoms in total. The molecule has 1 heterocycles. The Bertz CT molecular complexity index is 1100. The van der Waals surface area contributed by atoms with Gasteiger partial charge in [-0.25, -0.2) is 0 Å². The summed E-state index contributed by atoms with van der Waals surface area (Å²) in [7, 11) is 0. The van der Waals surface area contributed by atoms with Crippen LogP contribution in [0.1, 0.15) is 52.0 Å². The van der Waals surface area contributed by atoms with Crippen molar-refractivity contribution in [1.29, 1.82) is 0 Å². The number of thiocarbonyl (C=S) groups is 1. The quantitative estimate of drug-likeness (QED) is 0.412. The standard InChI is InChI=1S/C26H28Cl3N3S/c1-25(2,3)22(13-7-17-6-8-19(28)16-21(17)29)30-23-26(14-4-5-15-26)32(24(33)31-23)20-11-9-18(27)10-12-20/h6-13,16,22H,4-5,14-15H2,1-3H3,(H,30,31,33). The minimum atomic E-state index is -0.250. The Kier molecular flexibility index (Phi) is 7.12. The van der Waals surface area contributed by atoms with E-state index in [1.807, 2.05) is 42.5 Å². The van der Waals surface area contributed by atoms with E-state index in [0.29, 0.717) is 20.2 Å². The number of halogens is 3. The SMILES string of the molecule is CC(C)(C)C(C=Cc1ccc(Cl)cc1Cl)N=C1NC(=S)N(c2ccc(Cl)cc2)C12CCCC2. The number of anilines is 1. The normalized spacial score (nSPS) is 20.2. The average molecular weight is 521 g/mol. The minimum absolute atomic E-state index is 0.0720. The van der Waals surface area contributed by atoms with Crippen LogP contribution in [0.25, 0.3) is 6.08 Å². The highest BCUT2D eigenvalue weighted by Crippen LogP contribution is 2.43. The van der Waals surface area contributed by atoms with Gasteiger partial charge in [-0.1, -0.05) is 86.6 Å². The van der Waals surface area contributed by atoms with Gasteiger partial charge in [0.1, 0.15) is 11.4 Å². The topological polar surface area (TPSA) is 27.6 Å². The summed E-state index contributed by atoms with van der Waals surface area (Å²) in [6, 6.07) is 13.3. The van der Waals surface area contributed by atoms with Crippen LogP contribution in [0.15, 0.2) is 53.5 Å². The maximum atomic E-state index is 6.40. The van der Waals surface area contributed by atoms with E-state index in [-0.39, 0.29) is 17.0 Å². The molecule has 1 saturated carbocycles. The molecule has 1 saturated heterocycles. The van der Waals surface area contributed by atoms with E-state index in [1.165, 1.54) is 0 Å². The van der Waals surface area contributed by atoms with Crippen molar-refractivity contribution in [2.24, 2.45) is 10.4 Å². The highest BCUT2D eigenvalue weighted by atomic mass is 35.5. The summed E-state index contributed by atoms with van der Waals surface area (Å²) in [6.07, 6.45) is 8.45. The monoisotopic (exact) mass is 519 g/mol. The molecule has 2 aromatic carbocycles. The highest BCUT2D eigenvalue weighted by molar-refractivity contribution is 7.80. The van der Waals surface area contributed by atoms with Gasteiger partial charge in [-0.3, -0.25) is 4.99 Å². The van der Waals surface area contributed by atoms with Gasteiger partial charge in [0.2, 0.25) is 0 Å². The number of hydrogen-bond acceptors (Lipinski definition) is 2. The van der Waals surface area contributed by atoms with Gasteiger partial charge in [0.15, 0.2) is 5.11 Å². The predicted octanol–water partition coefficient (Wildman–Crippen LogP) is 8.18. The van der Waals surface area contributed by atoms with Crippen LogP contribution in [0.4, 0.5) is 5.69 Å². The van der Waals surface area contributed by atoms with E-state index in [0.717, 1.165) is 42.8 Å². The molecule has 1 unspecified atom stereocenters. The van der Waals surface area contributed by atoms with Crippen LogP contribution in [-0.4, -0.2) is 22.5 Å². The van der Waals surface area contributed by atoms with Gasteiger partial charge >= 0.3 is 0 Å². The number of nitrogens with one attached hydrogen (secondary N) is 1. The van der Waals surface area contributed by atoms with Gasteiger partial charge in [0.05, 0.1) is 6.04 Å². The van der Waals surface area contributed by atoms with E-state index < -0.39 is 0 Å². The molecule has 0 bridgehead atoms. The fraction of sp³-hybridized carbons (Fsp3) is 0.385. The number of benzene rings is 2. The molecule has 1 spiro atoms. The van der Waals surface area contributed by atoms with Gasteiger partial charge < -0.3 is 10.2 Å². The number of hydrogen-bond donors (Lipinski definition) is 1. The lowest BCUT2D eigenvalue weighted by Crippen LogP contribution is -2.48. The van der Waals surface area contributed by atoms with Crippen LogP contribution in [0.5, 0.6) is 0 Å². The molecule has 1 N–H and O–H groups in total. The lowest BCUT2D eigenvalue weighted by molar-refractivity contribution is 0.366. The van der Waals surface area contributed by atoms with Crippen molar-refractivity contribution in [1.82, 2.24) is 5.32 Å². The first kappa shape index (κ1) is 24.5. The Labute approximate surface area is 216 Å². The molecular formula is C26H28Cl3N3S. The van der Waals surface area contributed by atoms with Crippen LogP contribution >= 0.6 is 47.0 Å². The first-order valence-corrected chi connectivity index (χ1v) is 12.7. The molecule has 4 rings (SSSR count). The molecule has 2 aromatic rings. The molecule has 7 heteroatoms. The summed E-state index contributed by atoms with van der Waals surface area (Å²) in [5.41, 5.74) is 1.61. The molecule has 0 radical (unpaired) electrons. The molecule has 1 aliphatic heterocycles. The van der Waals surface area contributed by atoms with Crippen LogP contribution in [0, 0.1) is 5.41 Å². The molecule has 0 aromatic heterocycles. The van der Waals surface area contributed by atoms with E-state index in [1.54, 1.807) is 6.07 Å². The summed E-state index contributed by atoms with van der Waals surface area (Å²) in [6.45, 7) is 6.59. The Morgan fingerprint density at radius 3 is 2.27 bits per heavy atom. The van der Waals surface area contributed by atoms with Crippen molar-refractivity contribution >= 4 is 69.7 Å². The second-order valence-electron chi connectivity index (χ2n) is 9.79. The maximum Gasteiger partial charge on any atom is 0.179 e. The molecule has 174 valence electrons. The largest absolute Gasteiger partial charge is 0.319 e. The van der Waals surface area contributed by atoms with Crippen molar-refractivity contribution in [2.75, 3.05) is 4.90 Å². The van der Waals surface area contributed by atoms with Gasteiger partial charge in [0.25, 0.3) is 0 Å². The summed E-state index contributed by atoms with van der Waals surface area (Å²) in [5, 5.41) is 6.12. The molecule has 2 aliphatic rings. The summed E-state index contributed by atoms with van der Waals surface area (Å²) < 4.78 is 0. The smallest absolute Gasteiger partial charge is 0.179 e. The van der Waals surface area contributed by atoms with E-state index in [4.69, 9.17) is 52.0 Å². The first-order chi connectivity index (χ1) is 15.6. The van der Waals surface area contributed by atoms with Gasteiger partial charge in [-0.15, -0.1) is 0 Å². The number of amidine groups is 1. The second kappa shape index (κ2) is 9.58. The first-order valence-electron chi connectivity index (χ1n) is 11.2. The van der Waals surface area contributed by atoms with Crippen molar-refractivity contribution in [3.63, 3.8) is 0 Å². The molecule has 2 fully saturated rings. The van der Waals surface area contributed by atoms with E-state index in [2.05, 4.69) is 37.1 Å². The van der Waals surface area contributed by atoms with Gasteiger partial charge in [-0.05, 0) is 72.4 Å². The second-order valence-corrected chi connectivity index (χ2v) is 11.5. The Hall–Kier alpha value is -1.59. The maximum absolute atomic E-state index is 6.40. The van der Waals surface area contributed by atoms with E-state index >= 15 is 0 Å². The summed E-state index contributed by atoms with van der Waals surface area (Å²) in [4.78, 5) is 7.52. The zero-order valence-electron chi connectivity index (χ0n) is 19.0. The molecule has 1 atom stereocenters. The van der Waals surface area contributed by atoms with Crippen molar-refractivity contribution in [3.05, 3.63) is 69.2 Å². The lowest BCUT2D eigenvalue weighted by Gasteiger charge is -2.35. The number of nitrogens with zero attached hydrogens (tertiary/aromatic N) is 2. The zero-order valence-corrected chi connectivity index (χ0v) is 22.1. The van der Waals surface area contributed by atoms with Crippen LogP contribution < -0.4 is 10.2 Å². The van der Waals surface area contributed by atoms with Crippen molar-refractivity contribution in [3.8, 4) is 0 Å². The van der Waals surface area contributed by atoms with Gasteiger partial charge in [-0.2, -0.15) is 0 Å². The lowest BCUT2D eigenvalue weighted by atomic mass is 9.86. The fourth-order valence-electron chi connectivity index (χ4n) is 4.60. The number of aliphatic imine (C=N–C) groups is 1. The Morgan fingerprint density at radius 2 is 1.67 bits per heavy atom. The summed E-state index contributed by atoms with van der Waals surface area (Å²) in [5.74, 6) is 0.951. The van der Waals surface area contributed by atoms with Crippen LogP contribution in [0.2, 0.25) is 15.1 Å². The van der Waals surface area contributed by atoms with Crippen molar-refractivity contribution < 1.29 is 0 Å². The van der Waals surface area contributed by atoms with Crippen LogP contribution in [0.3, 0.4) is 0 Å². The third kappa shape index (κ3) is 5.09. The summed E-state index contributed by atoms with van der Waals surface area (Å²) >= 11 is 24.4. The molecule has 0 amide bonds. The average Bonchev–Trinajstić information content (AvgIpc) is 3.32. The fourth-order valence-corrected chi connectivity index (χ4v) is 5.57. The molecule has 1 aliphatic carbocycles. The van der Waals surface area contributed by atoms with Crippen molar-refractivity contribution in [2.45, 2.75) is 58.0 Å². The van der Waals surface area contributed by atoms with E-state index in [9.17, 15) is 0 Å². The van der Waals surface area contributed by atoms with Crippen LogP contribution in [-0.2, 0) is 0 Å². The Balaban J connectivity index is 1.73. The third-order valence-corrected chi connectivity index (χ3v) is 7.49. The van der Waals surface area contributed by atoms with Gasteiger partial charge in [0, 0.05) is 20.8 Å². The Morgan fingerprint density at radius 1 is 1.03 bits per heavy atom. The molecule has 33 heavy (non-hydrogen) atoms. The third-order valence-electron chi connectivity index (χ3n) is 6.39. The molecular weight excluding hydrogens is 493 g/mol. The minimum Gasteiger partial charge on any atom is -0.319 e. The highest BCUT2D eigenvalue weighted by Gasteiger charge is 2.51. The number of rotatable bonds is 4. The predicted molar refractivity (Wildman–Crippen MR) is 147 cm³/mol.